The number of halogens is 1. The van der Waals surface area contributed by atoms with Gasteiger partial charge in [0.05, 0.1) is 11.4 Å². The van der Waals surface area contributed by atoms with Crippen molar-refractivity contribution in [2.75, 3.05) is 16.2 Å². The number of benzene rings is 2. The Morgan fingerprint density at radius 1 is 1.20 bits per heavy atom. The van der Waals surface area contributed by atoms with Crippen LogP contribution in [0.3, 0.4) is 0 Å². The first-order valence-electron chi connectivity index (χ1n) is 8.00. The third-order valence-electron chi connectivity index (χ3n) is 4.09. The van der Waals surface area contributed by atoms with Crippen LogP contribution in [0.4, 0.5) is 11.4 Å². The second kappa shape index (κ2) is 7.06. The summed E-state index contributed by atoms with van der Waals surface area (Å²) in [4.78, 5) is 13.7. The third kappa shape index (κ3) is 4.32. The maximum absolute atomic E-state index is 12.4. The Morgan fingerprint density at radius 2 is 2.00 bits per heavy atom. The zero-order valence-electron chi connectivity index (χ0n) is 13.8. The summed E-state index contributed by atoms with van der Waals surface area (Å²) in [5.74, 6) is -0.0959. The topological polar surface area (TPSA) is 66.5 Å². The van der Waals surface area contributed by atoms with Crippen molar-refractivity contribution in [1.29, 1.82) is 0 Å². The molecular formula is C18H19ClN2O3S. The molecule has 7 heteroatoms. The molecule has 0 aliphatic carbocycles. The van der Waals surface area contributed by atoms with E-state index in [0.717, 1.165) is 17.7 Å². The Labute approximate surface area is 152 Å². The number of anilines is 2. The van der Waals surface area contributed by atoms with Gasteiger partial charge in [0.15, 0.2) is 0 Å². The van der Waals surface area contributed by atoms with Gasteiger partial charge in [0, 0.05) is 23.7 Å². The maximum Gasteiger partial charge on any atom is 0.236 e. The molecule has 1 fully saturated rings. The summed E-state index contributed by atoms with van der Waals surface area (Å²) >= 11 is 5.91. The lowest BCUT2D eigenvalue weighted by Crippen LogP contribution is -2.24. The minimum Gasteiger partial charge on any atom is -0.312 e. The monoisotopic (exact) mass is 378 g/mol. The van der Waals surface area contributed by atoms with Gasteiger partial charge in [0.1, 0.15) is 0 Å². The van der Waals surface area contributed by atoms with Crippen molar-refractivity contribution in [3.8, 4) is 0 Å². The number of sulfonamides is 1. The van der Waals surface area contributed by atoms with Gasteiger partial charge in [-0.05, 0) is 48.7 Å². The summed E-state index contributed by atoms with van der Waals surface area (Å²) in [6.45, 7) is 2.57. The van der Waals surface area contributed by atoms with Crippen molar-refractivity contribution in [3.63, 3.8) is 0 Å². The Hall–Kier alpha value is -2.05. The number of nitrogens with one attached hydrogen (secondary N) is 1. The highest BCUT2D eigenvalue weighted by Crippen LogP contribution is 2.28. The van der Waals surface area contributed by atoms with Gasteiger partial charge in [-0.3, -0.25) is 9.52 Å². The molecule has 0 unspecified atom stereocenters. The van der Waals surface area contributed by atoms with Gasteiger partial charge < -0.3 is 4.90 Å². The Morgan fingerprint density at radius 3 is 2.68 bits per heavy atom. The first kappa shape index (κ1) is 17.8. The molecule has 0 aromatic heterocycles. The van der Waals surface area contributed by atoms with Crippen LogP contribution in [0.1, 0.15) is 24.0 Å². The molecule has 0 bridgehead atoms. The summed E-state index contributed by atoms with van der Waals surface area (Å²) in [6, 6.07) is 12.0. The number of hydrogen-bond acceptors (Lipinski definition) is 3. The lowest BCUT2D eigenvalue weighted by Gasteiger charge is -2.19. The van der Waals surface area contributed by atoms with Crippen molar-refractivity contribution in [1.82, 2.24) is 0 Å². The Kier molecular flexibility index (Phi) is 5.01. The molecule has 2 aromatic rings. The molecular weight excluding hydrogens is 360 g/mol. The Bertz CT molecular complexity index is 912. The molecule has 3 rings (SSSR count). The third-order valence-corrected chi connectivity index (χ3v) is 5.59. The summed E-state index contributed by atoms with van der Waals surface area (Å²) < 4.78 is 27.4. The van der Waals surface area contributed by atoms with E-state index in [-0.39, 0.29) is 11.7 Å². The molecule has 1 amide bonds. The van der Waals surface area contributed by atoms with E-state index in [4.69, 9.17) is 11.6 Å². The molecule has 1 saturated heterocycles. The molecule has 0 radical (unpaired) electrons. The fraction of sp³-hybridized carbons (Fsp3) is 0.278. The number of carbonyl (C=O) groups is 1. The van der Waals surface area contributed by atoms with E-state index >= 15 is 0 Å². The molecule has 0 spiro atoms. The van der Waals surface area contributed by atoms with Crippen LogP contribution in [0.25, 0.3) is 0 Å². The van der Waals surface area contributed by atoms with E-state index in [2.05, 4.69) is 4.72 Å². The fourth-order valence-electron chi connectivity index (χ4n) is 2.93. The molecule has 1 aliphatic rings. The van der Waals surface area contributed by atoms with Crippen molar-refractivity contribution in [3.05, 3.63) is 58.6 Å². The quantitative estimate of drug-likeness (QED) is 0.862. The molecule has 25 heavy (non-hydrogen) atoms. The Balaban J connectivity index is 1.81. The minimum atomic E-state index is -3.58. The number of hydrogen-bond donors (Lipinski definition) is 1. The molecule has 0 atom stereocenters. The number of aryl methyl sites for hydroxylation is 1. The largest absolute Gasteiger partial charge is 0.312 e. The van der Waals surface area contributed by atoms with Crippen molar-refractivity contribution >= 4 is 38.9 Å². The molecule has 1 aliphatic heterocycles. The van der Waals surface area contributed by atoms with Crippen molar-refractivity contribution < 1.29 is 13.2 Å². The number of rotatable bonds is 5. The van der Waals surface area contributed by atoms with Crippen LogP contribution in [-0.4, -0.2) is 20.9 Å². The van der Waals surface area contributed by atoms with Crippen molar-refractivity contribution in [2.45, 2.75) is 25.5 Å². The predicted molar refractivity (Wildman–Crippen MR) is 100 cm³/mol. The number of amides is 1. The first-order chi connectivity index (χ1) is 11.8. The fourth-order valence-corrected chi connectivity index (χ4v) is 4.32. The predicted octanol–water partition coefficient (Wildman–Crippen LogP) is 3.72. The van der Waals surface area contributed by atoms with E-state index < -0.39 is 10.0 Å². The second-order valence-corrected chi connectivity index (χ2v) is 8.30. The van der Waals surface area contributed by atoms with Gasteiger partial charge in [-0.2, -0.15) is 0 Å². The van der Waals surface area contributed by atoms with Crippen LogP contribution in [0.2, 0.25) is 5.02 Å². The van der Waals surface area contributed by atoms with Crippen LogP contribution in [0.15, 0.2) is 42.5 Å². The van der Waals surface area contributed by atoms with Crippen LogP contribution < -0.4 is 9.62 Å². The summed E-state index contributed by atoms with van der Waals surface area (Å²) in [6.07, 6.45) is 1.35. The van der Waals surface area contributed by atoms with Gasteiger partial charge in [-0.25, -0.2) is 8.42 Å². The van der Waals surface area contributed by atoms with E-state index in [1.54, 1.807) is 41.3 Å². The second-order valence-electron chi connectivity index (χ2n) is 6.14. The summed E-state index contributed by atoms with van der Waals surface area (Å²) in [7, 11) is -3.58. The molecule has 5 nitrogen and oxygen atoms in total. The van der Waals surface area contributed by atoms with E-state index in [9.17, 15) is 13.2 Å². The summed E-state index contributed by atoms with van der Waals surface area (Å²) in [5, 5.41) is 0.498. The average Bonchev–Trinajstić information content (AvgIpc) is 2.94. The van der Waals surface area contributed by atoms with Crippen LogP contribution >= 0.6 is 11.6 Å². The van der Waals surface area contributed by atoms with Crippen LogP contribution in [-0.2, 0) is 20.6 Å². The smallest absolute Gasteiger partial charge is 0.236 e. The average molecular weight is 379 g/mol. The molecule has 1 N–H and O–H groups in total. The zero-order valence-corrected chi connectivity index (χ0v) is 15.4. The van der Waals surface area contributed by atoms with E-state index in [1.807, 2.05) is 13.0 Å². The number of carbonyl (C=O) groups excluding carboxylic acids is 1. The standard InChI is InChI=1S/C18H19ClN2O3S/c1-13-7-8-16(11-17(13)21-9-3-6-18(21)22)20-25(23,24)12-14-4-2-5-15(19)10-14/h2,4-5,7-8,10-11,20H,3,6,9,12H2,1H3. The van der Waals surface area contributed by atoms with Crippen molar-refractivity contribution in [2.24, 2.45) is 0 Å². The maximum atomic E-state index is 12.4. The first-order valence-corrected chi connectivity index (χ1v) is 10.0. The molecule has 0 saturated carbocycles. The van der Waals surface area contributed by atoms with Crippen LogP contribution in [0.5, 0.6) is 0 Å². The lowest BCUT2D eigenvalue weighted by atomic mass is 10.1. The zero-order chi connectivity index (χ0) is 18.0. The molecule has 132 valence electrons. The molecule has 2 aromatic carbocycles. The highest BCUT2D eigenvalue weighted by molar-refractivity contribution is 7.91. The van der Waals surface area contributed by atoms with E-state index in [1.165, 1.54) is 0 Å². The number of nitrogens with zero attached hydrogens (tertiary/aromatic N) is 1. The van der Waals surface area contributed by atoms with Gasteiger partial charge in [-0.15, -0.1) is 0 Å². The SMILES string of the molecule is Cc1ccc(NS(=O)(=O)Cc2cccc(Cl)c2)cc1N1CCCC1=O. The van der Waals surface area contributed by atoms with Crippen LogP contribution in [0, 0.1) is 6.92 Å². The highest BCUT2D eigenvalue weighted by atomic mass is 35.5. The lowest BCUT2D eigenvalue weighted by molar-refractivity contribution is -0.117. The summed E-state index contributed by atoms with van der Waals surface area (Å²) in [5.41, 5.74) is 2.75. The minimum absolute atomic E-state index is 0.0713. The van der Waals surface area contributed by atoms with Gasteiger partial charge in [-0.1, -0.05) is 29.8 Å². The van der Waals surface area contributed by atoms with Gasteiger partial charge >= 0.3 is 0 Å². The van der Waals surface area contributed by atoms with Gasteiger partial charge in [0.25, 0.3) is 0 Å². The van der Waals surface area contributed by atoms with Gasteiger partial charge in [0.2, 0.25) is 15.9 Å². The normalized spacial score (nSPS) is 14.8. The highest BCUT2D eigenvalue weighted by Gasteiger charge is 2.23. The molecule has 1 heterocycles. The van der Waals surface area contributed by atoms with E-state index in [0.29, 0.717) is 29.2 Å².